The van der Waals surface area contributed by atoms with Crippen LogP contribution in [0, 0.1) is 0 Å². The number of aromatic amines is 1. The number of amides is 1. The van der Waals surface area contributed by atoms with E-state index in [9.17, 15) is 4.79 Å². The van der Waals surface area contributed by atoms with Crippen molar-refractivity contribution in [2.24, 2.45) is 0 Å². The Hall–Kier alpha value is -3.60. The van der Waals surface area contributed by atoms with Gasteiger partial charge >= 0.3 is 0 Å². The van der Waals surface area contributed by atoms with E-state index >= 15 is 0 Å². The van der Waals surface area contributed by atoms with E-state index in [0.29, 0.717) is 12.8 Å². The number of benzene rings is 2. The monoisotopic (exact) mass is 399 g/mol. The molecule has 5 heteroatoms. The molecule has 1 atom stereocenters. The number of rotatable bonds is 7. The van der Waals surface area contributed by atoms with Crippen molar-refractivity contribution in [1.82, 2.24) is 15.3 Å². The summed E-state index contributed by atoms with van der Waals surface area (Å²) in [5.74, 6) is 0.853. The van der Waals surface area contributed by atoms with Crippen molar-refractivity contribution >= 4 is 16.8 Å². The molecule has 0 spiro atoms. The summed E-state index contributed by atoms with van der Waals surface area (Å²) < 4.78 is 5.28. The first-order valence-corrected chi connectivity index (χ1v) is 10.1. The van der Waals surface area contributed by atoms with Crippen LogP contribution in [0.3, 0.4) is 0 Å². The molecule has 2 aromatic heterocycles. The van der Waals surface area contributed by atoms with Gasteiger partial charge in [-0.3, -0.25) is 9.78 Å². The number of carbonyl (C=O) groups excluding carboxylic acids is 1. The Labute approximate surface area is 176 Å². The summed E-state index contributed by atoms with van der Waals surface area (Å²) in [6, 6.07) is 20.0. The molecule has 4 aromatic rings. The van der Waals surface area contributed by atoms with E-state index < -0.39 is 0 Å². The van der Waals surface area contributed by atoms with Crippen molar-refractivity contribution < 1.29 is 9.53 Å². The Morgan fingerprint density at radius 1 is 1.07 bits per heavy atom. The average molecular weight is 399 g/mol. The first-order chi connectivity index (χ1) is 14.7. The SMILES string of the molecule is COc1ccc(-c2[nH]c3ccccc3c2CCC(=O)N[C@@H](C)c2ccncc2)cc1. The van der Waals surface area contributed by atoms with Crippen molar-refractivity contribution in [2.45, 2.75) is 25.8 Å². The standard InChI is InChI=1S/C25H25N3O2/c1-17(18-13-15-26-16-14-18)27-24(29)12-11-22-21-5-3-4-6-23(21)28-25(22)19-7-9-20(30-2)10-8-19/h3-10,13-17,28H,11-12H2,1-2H3,(H,27,29)/t17-/m0/s1. The summed E-state index contributed by atoms with van der Waals surface area (Å²) in [6.45, 7) is 1.99. The molecule has 30 heavy (non-hydrogen) atoms. The summed E-state index contributed by atoms with van der Waals surface area (Å²) in [4.78, 5) is 20.2. The highest BCUT2D eigenvalue weighted by Gasteiger charge is 2.16. The van der Waals surface area contributed by atoms with Gasteiger partial charge in [0.1, 0.15) is 5.75 Å². The summed E-state index contributed by atoms with van der Waals surface area (Å²) >= 11 is 0. The first kappa shape index (κ1) is 19.7. The maximum atomic E-state index is 12.6. The van der Waals surface area contributed by atoms with E-state index in [2.05, 4.69) is 27.4 Å². The van der Waals surface area contributed by atoms with Gasteiger partial charge in [0.15, 0.2) is 0 Å². The van der Waals surface area contributed by atoms with Gasteiger partial charge in [-0.15, -0.1) is 0 Å². The minimum atomic E-state index is -0.0514. The van der Waals surface area contributed by atoms with Gasteiger partial charge < -0.3 is 15.0 Å². The minimum Gasteiger partial charge on any atom is -0.497 e. The van der Waals surface area contributed by atoms with Crippen molar-refractivity contribution in [3.8, 4) is 17.0 Å². The van der Waals surface area contributed by atoms with Gasteiger partial charge in [-0.1, -0.05) is 18.2 Å². The fourth-order valence-electron chi connectivity index (χ4n) is 3.75. The molecule has 5 nitrogen and oxygen atoms in total. The fraction of sp³-hybridized carbons (Fsp3) is 0.200. The lowest BCUT2D eigenvalue weighted by molar-refractivity contribution is -0.121. The second-order valence-corrected chi connectivity index (χ2v) is 7.32. The lowest BCUT2D eigenvalue weighted by Gasteiger charge is -2.14. The van der Waals surface area contributed by atoms with Gasteiger partial charge in [0.05, 0.1) is 13.2 Å². The topological polar surface area (TPSA) is 67.0 Å². The molecule has 0 aliphatic heterocycles. The second kappa shape index (κ2) is 8.82. The normalized spacial score (nSPS) is 11.9. The Kier molecular flexibility index (Phi) is 5.80. The number of fused-ring (bicyclic) bond motifs is 1. The van der Waals surface area contributed by atoms with Crippen LogP contribution in [0.5, 0.6) is 5.75 Å². The van der Waals surface area contributed by atoms with Crippen LogP contribution in [-0.2, 0) is 11.2 Å². The summed E-state index contributed by atoms with van der Waals surface area (Å²) in [6.07, 6.45) is 4.55. The van der Waals surface area contributed by atoms with E-state index in [-0.39, 0.29) is 11.9 Å². The summed E-state index contributed by atoms with van der Waals surface area (Å²) in [5, 5.41) is 4.24. The number of pyridine rings is 1. The predicted molar refractivity (Wildman–Crippen MR) is 119 cm³/mol. The van der Waals surface area contributed by atoms with Gasteiger partial charge in [-0.2, -0.15) is 0 Å². The van der Waals surface area contributed by atoms with Crippen LogP contribution < -0.4 is 10.1 Å². The van der Waals surface area contributed by atoms with Gasteiger partial charge in [-0.25, -0.2) is 0 Å². The number of hydrogen-bond acceptors (Lipinski definition) is 3. The third-order valence-corrected chi connectivity index (χ3v) is 5.38. The van der Waals surface area contributed by atoms with Gasteiger partial charge in [0.2, 0.25) is 5.91 Å². The van der Waals surface area contributed by atoms with Crippen LogP contribution in [0.4, 0.5) is 0 Å². The molecule has 0 unspecified atom stereocenters. The zero-order chi connectivity index (χ0) is 20.9. The Balaban J connectivity index is 1.55. The zero-order valence-corrected chi connectivity index (χ0v) is 17.2. The van der Waals surface area contributed by atoms with Crippen molar-refractivity contribution in [1.29, 1.82) is 0 Å². The number of hydrogen-bond donors (Lipinski definition) is 2. The molecule has 2 N–H and O–H groups in total. The largest absolute Gasteiger partial charge is 0.497 e. The number of aryl methyl sites for hydroxylation is 1. The molecule has 0 saturated heterocycles. The molecule has 0 aliphatic rings. The number of ether oxygens (including phenoxy) is 1. The molecular weight excluding hydrogens is 374 g/mol. The molecule has 0 bridgehead atoms. The highest BCUT2D eigenvalue weighted by atomic mass is 16.5. The predicted octanol–water partition coefficient (Wildman–Crippen LogP) is 5.05. The van der Waals surface area contributed by atoms with Crippen molar-refractivity contribution in [2.75, 3.05) is 7.11 Å². The number of carbonyl (C=O) groups is 1. The van der Waals surface area contributed by atoms with Crippen LogP contribution >= 0.6 is 0 Å². The second-order valence-electron chi connectivity index (χ2n) is 7.32. The van der Waals surface area contributed by atoms with Gasteiger partial charge in [0.25, 0.3) is 0 Å². The maximum absolute atomic E-state index is 12.6. The Bertz CT molecular complexity index is 1130. The van der Waals surface area contributed by atoms with Crippen molar-refractivity contribution in [3.05, 3.63) is 84.2 Å². The number of H-pyrrole nitrogens is 1. The number of methoxy groups -OCH3 is 1. The van der Waals surface area contributed by atoms with E-state index in [0.717, 1.165) is 39.0 Å². The van der Waals surface area contributed by atoms with Crippen molar-refractivity contribution in [3.63, 3.8) is 0 Å². The highest BCUT2D eigenvalue weighted by molar-refractivity contribution is 5.91. The van der Waals surface area contributed by atoms with E-state index in [1.54, 1.807) is 19.5 Å². The molecular formula is C25H25N3O2. The number of aromatic nitrogens is 2. The first-order valence-electron chi connectivity index (χ1n) is 10.1. The lowest BCUT2D eigenvalue weighted by atomic mass is 10.0. The molecule has 0 fully saturated rings. The molecule has 2 aromatic carbocycles. The van der Waals surface area contributed by atoms with Crippen LogP contribution in [-0.4, -0.2) is 23.0 Å². The molecule has 0 aliphatic carbocycles. The maximum Gasteiger partial charge on any atom is 0.220 e. The Morgan fingerprint density at radius 2 is 1.80 bits per heavy atom. The molecule has 0 saturated carbocycles. The van der Waals surface area contributed by atoms with Crippen LogP contribution in [0.15, 0.2) is 73.1 Å². The van der Waals surface area contributed by atoms with E-state index in [1.165, 1.54) is 0 Å². The third kappa shape index (κ3) is 4.20. The number of nitrogens with one attached hydrogen (secondary N) is 2. The molecule has 152 valence electrons. The molecule has 1 amide bonds. The summed E-state index contributed by atoms with van der Waals surface area (Å²) in [5.41, 5.74) is 5.40. The number of para-hydroxylation sites is 1. The van der Waals surface area contributed by atoms with Crippen LogP contribution in [0.2, 0.25) is 0 Å². The summed E-state index contributed by atoms with van der Waals surface area (Å²) in [7, 11) is 1.66. The quantitative estimate of drug-likeness (QED) is 0.457. The molecule has 0 radical (unpaired) electrons. The van der Waals surface area contributed by atoms with Gasteiger partial charge in [-0.05, 0) is 72.5 Å². The molecule has 2 heterocycles. The molecule has 4 rings (SSSR count). The van der Waals surface area contributed by atoms with Crippen LogP contribution in [0.25, 0.3) is 22.2 Å². The lowest BCUT2D eigenvalue weighted by Crippen LogP contribution is -2.26. The van der Waals surface area contributed by atoms with E-state index in [4.69, 9.17) is 4.74 Å². The number of nitrogens with zero attached hydrogens (tertiary/aromatic N) is 1. The average Bonchev–Trinajstić information content (AvgIpc) is 3.17. The Morgan fingerprint density at radius 3 is 2.53 bits per heavy atom. The smallest absolute Gasteiger partial charge is 0.220 e. The minimum absolute atomic E-state index is 0.0327. The third-order valence-electron chi connectivity index (χ3n) is 5.38. The van der Waals surface area contributed by atoms with Gasteiger partial charge in [0, 0.05) is 35.4 Å². The van der Waals surface area contributed by atoms with Crippen LogP contribution in [0.1, 0.15) is 30.5 Å². The zero-order valence-electron chi connectivity index (χ0n) is 17.2. The highest BCUT2D eigenvalue weighted by Crippen LogP contribution is 2.32. The fourth-order valence-corrected chi connectivity index (χ4v) is 3.75. The van der Waals surface area contributed by atoms with E-state index in [1.807, 2.05) is 55.5 Å².